The minimum Gasteiger partial charge on any atom is -0.342 e. The van der Waals surface area contributed by atoms with E-state index in [2.05, 4.69) is 27.7 Å². The second-order valence-electron chi connectivity index (χ2n) is 6.16. The molecule has 0 spiro atoms. The van der Waals surface area contributed by atoms with E-state index >= 15 is 0 Å². The molecule has 1 amide bonds. The average molecular weight is 268 g/mol. The van der Waals surface area contributed by atoms with Crippen LogP contribution in [-0.2, 0) is 4.79 Å². The van der Waals surface area contributed by atoms with Crippen LogP contribution in [0.25, 0.3) is 0 Å². The quantitative estimate of drug-likeness (QED) is 0.805. The van der Waals surface area contributed by atoms with Crippen molar-refractivity contribution in [3.05, 3.63) is 0 Å². The minimum absolute atomic E-state index is 0.0445. The van der Waals surface area contributed by atoms with Crippen molar-refractivity contribution in [2.75, 3.05) is 13.1 Å². The molecule has 3 heteroatoms. The lowest BCUT2D eigenvalue weighted by atomic mass is 9.76. The van der Waals surface area contributed by atoms with Gasteiger partial charge < -0.3 is 10.6 Å². The molecule has 3 unspecified atom stereocenters. The molecule has 3 nitrogen and oxygen atoms in total. The van der Waals surface area contributed by atoms with Crippen LogP contribution in [0.5, 0.6) is 0 Å². The van der Waals surface area contributed by atoms with Gasteiger partial charge in [-0.3, -0.25) is 4.79 Å². The van der Waals surface area contributed by atoms with Crippen LogP contribution >= 0.6 is 0 Å². The number of amides is 1. The Bertz CT molecular complexity index is 266. The maximum absolute atomic E-state index is 12.8. The molecule has 0 heterocycles. The van der Waals surface area contributed by atoms with Crippen molar-refractivity contribution in [3.63, 3.8) is 0 Å². The maximum Gasteiger partial charge on any atom is 0.227 e. The molecule has 1 fully saturated rings. The summed E-state index contributed by atoms with van der Waals surface area (Å²) in [5, 5.41) is 0. The van der Waals surface area contributed by atoms with Crippen LogP contribution in [-0.4, -0.2) is 29.9 Å². The molecule has 2 N–H and O–H groups in total. The lowest BCUT2D eigenvalue weighted by Crippen LogP contribution is -2.49. The topological polar surface area (TPSA) is 46.3 Å². The molecule has 0 aliphatic heterocycles. The normalized spacial score (nSPS) is 27.6. The fourth-order valence-electron chi connectivity index (χ4n) is 3.33. The summed E-state index contributed by atoms with van der Waals surface area (Å²) >= 11 is 0. The molecule has 0 bridgehead atoms. The first-order valence-corrected chi connectivity index (χ1v) is 8.09. The van der Waals surface area contributed by atoms with Crippen molar-refractivity contribution in [2.45, 2.75) is 65.8 Å². The Morgan fingerprint density at radius 2 is 1.89 bits per heavy atom. The summed E-state index contributed by atoms with van der Waals surface area (Å²) in [4.78, 5) is 14.8. The Labute approximate surface area is 118 Å². The molecular weight excluding hydrogens is 236 g/mol. The van der Waals surface area contributed by atoms with Crippen LogP contribution < -0.4 is 5.73 Å². The van der Waals surface area contributed by atoms with Gasteiger partial charge >= 0.3 is 0 Å². The second-order valence-corrected chi connectivity index (χ2v) is 6.16. The molecule has 0 saturated heterocycles. The number of hydrogen-bond donors (Lipinski definition) is 1. The zero-order valence-electron chi connectivity index (χ0n) is 13.2. The van der Waals surface area contributed by atoms with Gasteiger partial charge in [0.2, 0.25) is 5.91 Å². The Kier molecular flexibility index (Phi) is 6.84. The zero-order valence-corrected chi connectivity index (χ0v) is 13.2. The number of nitrogens with two attached hydrogens (primary N) is 1. The molecule has 1 rings (SSSR count). The van der Waals surface area contributed by atoms with Crippen LogP contribution in [0.15, 0.2) is 0 Å². The van der Waals surface area contributed by atoms with Crippen molar-refractivity contribution in [2.24, 2.45) is 23.5 Å². The van der Waals surface area contributed by atoms with Crippen molar-refractivity contribution < 1.29 is 4.79 Å². The van der Waals surface area contributed by atoms with Crippen molar-refractivity contribution in [3.8, 4) is 0 Å². The number of rotatable bonds is 6. The monoisotopic (exact) mass is 268 g/mol. The molecule has 112 valence electrons. The number of nitrogens with zero attached hydrogens (tertiary/aromatic N) is 1. The fraction of sp³-hybridized carbons (Fsp3) is 0.938. The highest BCUT2D eigenvalue weighted by Gasteiger charge is 2.36. The standard InChI is InChI=1S/C16H32N2O/c1-5-13(6-2)11-18(7-3)16(19)15-12(4)9-8-10-14(15)17/h12-15H,5-11,17H2,1-4H3. The Morgan fingerprint density at radius 1 is 1.26 bits per heavy atom. The fourth-order valence-corrected chi connectivity index (χ4v) is 3.33. The summed E-state index contributed by atoms with van der Waals surface area (Å²) in [6.07, 6.45) is 5.61. The first kappa shape index (κ1) is 16.5. The van der Waals surface area contributed by atoms with E-state index < -0.39 is 0 Å². The second kappa shape index (κ2) is 7.88. The number of carbonyl (C=O) groups is 1. The molecule has 1 aliphatic carbocycles. The predicted octanol–water partition coefficient (Wildman–Crippen LogP) is 3.03. The van der Waals surface area contributed by atoms with Gasteiger partial charge in [0.1, 0.15) is 0 Å². The van der Waals surface area contributed by atoms with Crippen molar-refractivity contribution in [1.29, 1.82) is 0 Å². The van der Waals surface area contributed by atoms with Gasteiger partial charge in [0.25, 0.3) is 0 Å². The SMILES string of the molecule is CCC(CC)CN(CC)C(=O)C1C(C)CCCC1N. The zero-order chi connectivity index (χ0) is 14.4. The largest absolute Gasteiger partial charge is 0.342 e. The van der Waals surface area contributed by atoms with E-state index in [9.17, 15) is 4.79 Å². The number of carbonyl (C=O) groups excluding carboxylic acids is 1. The molecule has 19 heavy (non-hydrogen) atoms. The van der Waals surface area contributed by atoms with Gasteiger partial charge in [0, 0.05) is 19.1 Å². The highest BCUT2D eigenvalue weighted by Crippen LogP contribution is 2.30. The van der Waals surface area contributed by atoms with E-state index in [4.69, 9.17) is 5.73 Å². The summed E-state index contributed by atoms with van der Waals surface area (Å²) in [7, 11) is 0. The lowest BCUT2D eigenvalue weighted by molar-refractivity contribution is -0.139. The lowest BCUT2D eigenvalue weighted by Gasteiger charge is -2.37. The van der Waals surface area contributed by atoms with E-state index in [0.717, 1.165) is 38.8 Å². The molecule has 1 saturated carbocycles. The van der Waals surface area contributed by atoms with Gasteiger partial charge in [0.05, 0.1) is 5.92 Å². The third-order valence-electron chi connectivity index (χ3n) is 4.88. The van der Waals surface area contributed by atoms with Crippen LogP contribution in [0, 0.1) is 17.8 Å². The molecule has 0 aromatic rings. The first-order chi connectivity index (χ1) is 9.04. The number of hydrogen-bond acceptors (Lipinski definition) is 2. The highest BCUT2D eigenvalue weighted by atomic mass is 16.2. The summed E-state index contributed by atoms with van der Waals surface area (Å²) in [6, 6.07) is 0.0620. The third-order valence-corrected chi connectivity index (χ3v) is 4.88. The predicted molar refractivity (Wildman–Crippen MR) is 80.8 cm³/mol. The van der Waals surface area contributed by atoms with E-state index in [0.29, 0.717) is 17.7 Å². The first-order valence-electron chi connectivity index (χ1n) is 8.09. The van der Waals surface area contributed by atoms with Gasteiger partial charge in [-0.25, -0.2) is 0 Å². The van der Waals surface area contributed by atoms with E-state index in [1.165, 1.54) is 6.42 Å². The van der Waals surface area contributed by atoms with Gasteiger partial charge in [-0.05, 0) is 31.6 Å². The Hall–Kier alpha value is -0.570. The van der Waals surface area contributed by atoms with Gasteiger partial charge in [-0.1, -0.05) is 40.0 Å². The van der Waals surface area contributed by atoms with Gasteiger partial charge in [0.15, 0.2) is 0 Å². The summed E-state index contributed by atoms with van der Waals surface area (Å²) in [5.74, 6) is 1.41. The molecule has 0 radical (unpaired) electrons. The molecule has 0 aromatic carbocycles. The van der Waals surface area contributed by atoms with E-state index in [1.807, 2.05) is 4.90 Å². The minimum atomic E-state index is 0.0445. The van der Waals surface area contributed by atoms with Crippen LogP contribution in [0.4, 0.5) is 0 Å². The van der Waals surface area contributed by atoms with Gasteiger partial charge in [-0.2, -0.15) is 0 Å². The van der Waals surface area contributed by atoms with Gasteiger partial charge in [-0.15, -0.1) is 0 Å². The van der Waals surface area contributed by atoms with E-state index in [1.54, 1.807) is 0 Å². The average Bonchev–Trinajstić information content (AvgIpc) is 2.40. The van der Waals surface area contributed by atoms with Crippen LogP contribution in [0.1, 0.15) is 59.8 Å². The summed E-state index contributed by atoms with van der Waals surface area (Å²) in [5.41, 5.74) is 6.21. The molecule has 3 atom stereocenters. The molecule has 1 aliphatic rings. The van der Waals surface area contributed by atoms with E-state index in [-0.39, 0.29) is 12.0 Å². The van der Waals surface area contributed by atoms with Crippen molar-refractivity contribution >= 4 is 5.91 Å². The van der Waals surface area contributed by atoms with Crippen LogP contribution in [0.2, 0.25) is 0 Å². The van der Waals surface area contributed by atoms with Crippen LogP contribution in [0.3, 0.4) is 0 Å². The molecular formula is C16H32N2O. The highest BCUT2D eigenvalue weighted by molar-refractivity contribution is 5.80. The summed E-state index contributed by atoms with van der Waals surface area (Å²) in [6.45, 7) is 10.4. The Morgan fingerprint density at radius 3 is 2.37 bits per heavy atom. The smallest absolute Gasteiger partial charge is 0.227 e. The van der Waals surface area contributed by atoms with Crippen molar-refractivity contribution in [1.82, 2.24) is 4.90 Å². The summed E-state index contributed by atoms with van der Waals surface area (Å²) < 4.78 is 0. The molecule has 0 aromatic heterocycles. The Balaban J connectivity index is 2.71. The maximum atomic E-state index is 12.8. The third kappa shape index (κ3) is 4.20.